The highest BCUT2D eigenvalue weighted by Crippen LogP contribution is 2.34. The standard InChI is InChI=1S/C31H31N3O7S/c1-18-12-21(13-19(2)28(18)37)29(38)33-23-17-42-25-11-7-6-10-24(25)34(30(23)39)15-26(35)32-22-14-27(36)41-31(22)40-16-20-8-4-3-5-9-20/h3-13,22-23,31,37H,14-17H2,1-2H3,(H,32,35)(H,33,38)/t22-,23+,31?/m0/s1. The number of aryl methyl sites for hydroxylation is 2. The van der Waals surface area contributed by atoms with Gasteiger partial charge in [-0.3, -0.25) is 19.2 Å². The summed E-state index contributed by atoms with van der Waals surface area (Å²) in [4.78, 5) is 54.4. The highest BCUT2D eigenvalue weighted by molar-refractivity contribution is 7.99. The Morgan fingerprint density at radius 1 is 1.02 bits per heavy atom. The number of thioether (sulfide) groups is 1. The number of aromatic hydroxyl groups is 1. The smallest absolute Gasteiger partial charge is 0.310 e. The molecular formula is C31H31N3O7S. The molecule has 2 aliphatic heterocycles. The molecule has 11 heteroatoms. The number of amides is 3. The molecule has 2 heterocycles. The number of hydrogen-bond acceptors (Lipinski definition) is 8. The van der Waals surface area contributed by atoms with Gasteiger partial charge in [-0.25, -0.2) is 0 Å². The van der Waals surface area contributed by atoms with Crippen molar-refractivity contribution in [1.29, 1.82) is 0 Å². The van der Waals surface area contributed by atoms with Crippen molar-refractivity contribution in [3.05, 3.63) is 89.0 Å². The summed E-state index contributed by atoms with van der Waals surface area (Å²) in [5.74, 6) is -1.53. The van der Waals surface area contributed by atoms with E-state index < -0.39 is 42.1 Å². The average Bonchev–Trinajstić information content (AvgIpc) is 3.27. The number of cyclic esters (lactones) is 1. The Bertz CT molecular complexity index is 1490. The summed E-state index contributed by atoms with van der Waals surface area (Å²) in [6, 6.07) is 18.1. The largest absolute Gasteiger partial charge is 0.507 e. The first kappa shape index (κ1) is 29.2. The summed E-state index contributed by atoms with van der Waals surface area (Å²) in [6.45, 7) is 3.25. The van der Waals surface area contributed by atoms with Crippen LogP contribution in [0.3, 0.4) is 0 Å². The zero-order valence-electron chi connectivity index (χ0n) is 23.2. The fourth-order valence-electron chi connectivity index (χ4n) is 4.90. The molecular weight excluding hydrogens is 558 g/mol. The molecule has 0 aliphatic carbocycles. The number of fused-ring (bicyclic) bond motifs is 1. The van der Waals surface area contributed by atoms with E-state index in [2.05, 4.69) is 10.6 Å². The van der Waals surface area contributed by atoms with Crippen LogP contribution in [0.25, 0.3) is 0 Å². The van der Waals surface area contributed by atoms with E-state index in [0.29, 0.717) is 22.4 Å². The van der Waals surface area contributed by atoms with Crippen molar-refractivity contribution in [2.45, 2.75) is 50.1 Å². The molecule has 10 nitrogen and oxygen atoms in total. The summed E-state index contributed by atoms with van der Waals surface area (Å²) in [5.41, 5.74) is 2.85. The quantitative estimate of drug-likeness (QED) is 0.341. The second kappa shape index (κ2) is 12.7. The number of benzene rings is 3. The van der Waals surface area contributed by atoms with Crippen molar-refractivity contribution in [3.8, 4) is 5.75 Å². The second-order valence-corrected chi connectivity index (χ2v) is 11.3. The van der Waals surface area contributed by atoms with Crippen LogP contribution >= 0.6 is 11.8 Å². The van der Waals surface area contributed by atoms with Gasteiger partial charge in [-0.05, 0) is 54.8 Å². The Morgan fingerprint density at radius 3 is 2.45 bits per heavy atom. The van der Waals surface area contributed by atoms with Crippen LogP contribution in [0.5, 0.6) is 5.75 Å². The van der Waals surface area contributed by atoms with E-state index in [4.69, 9.17) is 9.47 Å². The molecule has 3 atom stereocenters. The molecule has 42 heavy (non-hydrogen) atoms. The Hall–Kier alpha value is -4.35. The van der Waals surface area contributed by atoms with E-state index in [1.165, 1.54) is 16.7 Å². The van der Waals surface area contributed by atoms with Crippen molar-refractivity contribution in [2.75, 3.05) is 17.2 Å². The maximum atomic E-state index is 13.8. The number of hydrogen-bond donors (Lipinski definition) is 3. The number of carbonyl (C=O) groups is 4. The number of para-hydroxylation sites is 1. The molecule has 2 aliphatic rings. The van der Waals surface area contributed by atoms with Gasteiger partial charge in [0, 0.05) is 16.2 Å². The highest BCUT2D eigenvalue weighted by Gasteiger charge is 2.38. The lowest BCUT2D eigenvalue weighted by atomic mass is 10.0. The van der Waals surface area contributed by atoms with Crippen molar-refractivity contribution in [3.63, 3.8) is 0 Å². The van der Waals surface area contributed by atoms with Gasteiger partial charge in [-0.15, -0.1) is 11.8 Å². The van der Waals surface area contributed by atoms with E-state index in [9.17, 15) is 24.3 Å². The number of nitrogens with one attached hydrogen (secondary N) is 2. The average molecular weight is 590 g/mol. The third-order valence-electron chi connectivity index (χ3n) is 7.05. The van der Waals surface area contributed by atoms with Crippen LogP contribution in [0.1, 0.15) is 33.5 Å². The molecule has 3 N–H and O–H groups in total. The number of rotatable bonds is 8. The first-order valence-corrected chi connectivity index (χ1v) is 14.5. The van der Waals surface area contributed by atoms with Crippen LogP contribution in [0, 0.1) is 13.8 Å². The van der Waals surface area contributed by atoms with Crippen molar-refractivity contribution in [2.24, 2.45) is 0 Å². The lowest BCUT2D eigenvalue weighted by Gasteiger charge is -2.26. The molecule has 1 saturated heterocycles. The van der Waals surface area contributed by atoms with Crippen LogP contribution in [0.15, 0.2) is 71.6 Å². The van der Waals surface area contributed by atoms with Crippen LogP contribution in [-0.2, 0) is 30.5 Å². The molecule has 0 bridgehead atoms. The number of ether oxygens (including phenoxy) is 2. The SMILES string of the molecule is Cc1cc(C(=O)N[C@@H]2CSc3ccccc3N(CC(=O)N[C@H]3CC(=O)OC3OCc3ccccc3)C2=O)cc(C)c1O. The van der Waals surface area contributed by atoms with Gasteiger partial charge >= 0.3 is 5.97 Å². The molecule has 1 fully saturated rings. The predicted molar refractivity (Wildman–Crippen MR) is 156 cm³/mol. The molecule has 218 valence electrons. The Labute approximate surface area is 247 Å². The van der Waals surface area contributed by atoms with E-state index in [1.54, 1.807) is 38.1 Å². The van der Waals surface area contributed by atoms with Gasteiger partial charge in [-0.1, -0.05) is 42.5 Å². The van der Waals surface area contributed by atoms with E-state index in [0.717, 1.165) is 10.5 Å². The number of carbonyl (C=O) groups excluding carboxylic acids is 4. The molecule has 3 aromatic carbocycles. The summed E-state index contributed by atoms with van der Waals surface area (Å²) < 4.78 is 11.1. The summed E-state index contributed by atoms with van der Waals surface area (Å²) >= 11 is 1.40. The molecule has 5 rings (SSSR count). The Morgan fingerprint density at radius 2 is 1.71 bits per heavy atom. The van der Waals surface area contributed by atoms with E-state index in [1.807, 2.05) is 42.5 Å². The molecule has 0 aromatic heterocycles. The minimum atomic E-state index is -0.964. The van der Waals surface area contributed by atoms with Gasteiger partial charge in [0.25, 0.3) is 11.8 Å². The Kier molecular flexibility index (Phi) is 8.79. The first-order chi connectivity index (χ1) is 20.2. The minimum Gasteiger partial charge on any atom is -0.507 e. The van der Waals surface area contributed by atoms with Crippen molar-refractivity contribution >= 4 is 41.1 Å². The maximum Gasteiger partial charge on any atom is 0.310 e. The maximum absolute atomic E-state index is 13.8. The topological polar surface area (TPSA) is 134 Å². The predicted octanol–water partition coefficient (Wildman–Crippen LogP) is 3.22. The van der Waals surface area contributed by atoms with Crippen molar-refractivity contribution in [1.82, 2.24) is 10.6 Å². The lowest BCUT2D eigenvalue weighted by molar-refractivity contribution is -0.168. The summed E-state index contributed by atoms with van der Waals surface area (Å²) in [6.07, 6.45) is -1.02. The fourth-order valence-corrected chi connectivity index (χ4v) is 5.98. The third kappa shape index (κ3) is 6.58. The minimum absolute atomic E-state index is 0.0598. The van der Waals surface area contributed by atoms with Crippen LogP contribution in [0.4, 0.5) is 5.69 Å². The number of phenols is 1. The van der Waals surface area contributed by atoms with Gasteiger partial charge in [0.2, 0.25) is 12.2 Å². The second-order valence-electron chi connectivity index (χ2n) is 10.2. The molecule has 3 amide bonds. The van der Waals surface area contributed by atoms with Gasteiger partial charge < -0.3 is 30.1 Å². The Balaban J connectivity index is 1.29. The normalized spacial score (nSPS) is 20.0. The zero-order valence-corrected chi connectivity index (χ0v) is 24.0. The fraction of sp³-hybridized carbons (Fsp3) is 0.290. The number of anilines is 1. The first-order valence-electron chi connectivity index (χ1n) is 13.5. The van der Waals surface area contributed by atoms with Crippen LogP contribution in [0.2, 0.25) is 0 Å². The van der Waals surface area contributed by atoms with E-state index in [-0.39, 0.29) is 31.1 Å². The van der Waals surface area contributed by atoms with Gasteiger partial charge in [0.15, 0.2) is 0 Å². The van der Waals surface area contributed by atoms with Crippen LogP contribution in [-0.4, -0.2) is 59.5 Å². The highest BCUT2D eigenvalue weighted by atomic mass is 32.2. The zero-order chi connectivity index (χ0) is 29.8. The molecule has 0 spiro atoms. The number of nitrogens with zero attached hydrogens (tertiary/aromatic N) is 1. The third-order valence-corrected chi connectivity index (χ3v) is 8.21. The molecule has 0 radical (unpaired) electrons. The summed E-state index contributed by atoms with van der Waals surface area (Å²) in [5, 5.41) is 15.7. The monoisotopic (exact) mass is 589 g/mol. The van der Waals surface area contributed by atoms with E-state index >= 15 is 0 Å². The van der Waals surface area contributed by atoms with Crippen LogP contribution < -0.4 is 15.5 Å². The van der Waals surface area contributed by atoms with Crippen molar-refractivity contribution < 1.29 is 33.8 Å². The summed E-state index contributed by atoms with van der Waals surface area (Å²) in [7, 11) is 0. The molecule has 1 unspecified atom stereocenters. The van der Waals surface area contributed by atoms with Gasteiger partial charge in [0.05, 0.1) is 18.7 Å². The number of esters is 1. The molecule has 0 saturated carbocycles. The van der Waals surface area contributed by atoms with Gasteiger partial charge in [-0.2, -0.15) is 0 Å². The lowest BCUT2D eigenvalue weighted by Crippen LogP contribution is -2.53. The number of phenolic OH excluding ortho intramolecular Hbond substituents is 1. The van der Waals surface area contributed by atoms with Gasteiger partial charge in [0.1, 0.15) is 24.4 Å². The molecule has 3 aromatic rings.